The molecule has 0 radical (unpaired) electrons. The molecule has 0 atom stereocenters. The third kappa shape index (κ3) is 4.99. The van der Waals surface area contributed by atoms with Crippen LogP contribution in [0.25, 0.3) is 0 Å². The molecule has 1 rings (SSSR count). The molecular formula is C12H17BrF3N3O2. The maximum absolute atomic E-state index is 12.3. The molecule has 1 aromatic heterocycles. The number of nitrogens with one attached hydrogen (secondary N) is 1. The average Bonchev–Trinajstić information content (AvgIpc) is 2.41. The fourth-order valence-electron chi connectivity index (χ4n) is 1.63. The number of anilines is 1. The summed E-state index contributed by atoms with van der Waals surface area (Å²) in [6.45, 7) is 2.36. The van der Waals surface area contributed by atoms with Crippen molar-refractivity contribution in [2.75, 3.05) is 11.9 Å². The van der Waals surface area contributed by atoms with Gasteiger partial charge in [-0.2, -0.15) is 18.3 Å². The van der Waals surface area contributed by atoms with Gasteiger partial charge >= 0.3 is 6.18 Å². The Labute approximate surface area is 128 Å². The van der Waals surface area contributed by atoms with E-state index in [1.54, 1.807) is 0 Å². The smallest absolute Gasteiger partial charge is 0.388 e. The maximum Gasteiger partial charge on any atom is 0.408 e. The second-order valence-electron chi connectivity index (χ2n) is 4.74. The Morgan fingerprint density at radius 2 is 1.95 bits per heavy atom. The summed E-state index contributed by atoms with van der Waals surface area (Å²) in [7, 11) is 0. The van der Waals surface area contributed by atoms with Crippen LogP contribution in [0, 0.1) is 0 Å². The van der Waals surface area contributed by atoms with Gasteiger partial charge in [0.05, 0.1) is 17.5 Å². The van der Waals surface area contributed by atoms with Crippen molar-refractivity contribution >= 4 is 21.6 Å². The number of hydrogen-bond donors (Lipinski definition) is 2. The van der Waals surface area contributed by atoms with Gasteiger partial charge in [0.25, 0.3) is 5.56 Å². The van der Waals surface area contributed by atoms with E-state index in [1.807, 2.05) is 13.8 Å². The van der Waals surface area contributed by atoms with E-state index in [4.69, 9.17) is 0 Å². The lowest BCUT2D eigenvalue weighted by Crippen LogP contribution is -2.36. The largest absolute Gasteiger partial charge is 0.408 e. The third-order valence-corrected chi connectivity index (χ3v) is 4.00. The van der Waals surface area contributed by atoms with Gasteiger partial charge < -0.3 is 10.4 Å². The molecule has 5 nitrogen and oxygen atoms in total. The number of nitrogens with zero attached hydrogens (tertiary/aromatic N) is 2. The van der Waals surface area contributed by atoms with Gasteiger partial charge in [-0.05, 0) is 28.8 Å². The summed E-state index contributed by atoms with van der Waals surface area (Å²) < 4.78 is 37.1. The summed E-state index contributed by atoms with van der Waals surface area (Å²) in [4.78, 5) is 11.8. The molecule has 0 aliphatic carbocycles. The molecule has 0 bridgehead atoms. The van der Waals surface area contributed by atoms with Gasteiger partial charge in [0.1, 0.15) is 11.0 Å². The van der Waals surface area contributed by atoms with Crippen molar-refractivity contribution in [2.45, 2.75) is 45.0 Å². The Morgan fingerprint density at radius 1 is 1.38 bits per heavy atom. The summed E-state index contributed by atoms with van der Waals surface area (Å²) in [5.41, 5.74) is -1.58. The summed E-state index contributed by atoms with van der Waals surface area (Å²) in [5, 5.41) is 16.4. The van der Waals surface area contributed by atoms with Crippen LogP contribution in [0.4, 0.5) is 18.9 Å². The van der Waals surface area contributed by atoms with E-state index in [0.717, 1.165) is 6.20 Å². The number of alkyl halides is 3. The van der Waals surface area contributed by atoms with Crippen molar-refractivity contribution < 1.29 is 18.3 Å². The monoisotopic (exact) mass is 371 g/mol. The molecule has 0 aliphatic heterocycles. The van der Waals surface area contributed by atoms with Crippen molar-refractivity contribution in [3.8, 4) is 0 Å². The Balaban J connectivity index is 2.93. The Hall–Kier alpha value is -1.09. The van der Waals surface area contributed by atoms with Crippen LogP contribution in [0.1, 0.15) is 26.7 Å². The minimum absolute atomic E-state index is 0.0451. The molecule has 0 fully saturated rings. The molecule has 9 heteroatoms. The van der Waals surface area contributed by atoms with Crippen LogP contribution in [0.2, 0.25) is 0 Å². The molecule has 0 spiro atoms. The molecule has 0 saturated heterocycles. The lowest BCUT2D eigenvalue weighted by molar-refractivity contribution is -0.143. The van der Waals surface area contributed by atoms with E-state index in [0.29, 0.717) is 17.5 Å². The molecule has 21 heavy (non-hydrogen) atoms. The van der Waals surface area contributed by atoms with E-state index in [1.165, 1.54) is 0 Å². The third-order valence-electron chi connectivity index (χ3n) is 3.24. The molecule has 0 unspecified atom stereocenters. The minimum atomic E-state index is -4.52. The Kier molecular flexibility index (Phi) is 5.80. The van der Waals surface area contributed by atoms with Crippen molar-refractivity contribution in [3.63, 3.8) is 0 Å². The number of aliphatic hydroxyl groups is 1. The van der Waals surface area contributed by atoms with Crippen LogP contribution in [-0.4, -0.2) is 33.2 Å². The molecule has 120 valence electrons. The summed E-state index contributed by atoms with van der Waals surface area (Å²) >= 11 is 2.97. The lowest BCUT2D eigenvalue weighted by Gasteiger charge is -2.26. The molecule has 0 aromatic carbocycles. The van der Waals surface area contributed by atoms with E-state index in [-0.39, 0.29) is 16.7 Å². The quantitative estimate of drug-likeness (QED) is 0.806. The van der Waals surface area contributed by atoms with Crippen molar-refractivity contribution in [3.05, 3.63) is 21.0 Å². The van der Waals surface area contributed by atoms with E-state index in [9.17, 15) is 23.1 Å². The standard InChI is InChI=1S/C12H17BrF3N3O2/c1-3-11(21,4-2)6-17-8-5-18-19(7-12(14,15)16)10(20)9(8)13/h5,17,21H,3-4,6-7H2,1-2H3. The van der Waals surface area contributed by atoms with Crippen LogP contribution in [-0.2, 0) is 6.54 Å². The predicted molar refractivity (Wildman–Crippen MR) is 76.3 cm³/mol. The van der Waals surface area contributed by atoms with Gasteiger partial charge in [-0.25, -0.2) is 4.68 Å². The Morgan fingerprint density at radius 3 is 2.43 bits per heavy atom. The highest BCUT2D eigenvalue weighted by Crippen LogP contribution is 2.21. The summed E-state index contributed by atoms with van der Waals surface area (Å²) in [5.74, 6) is 0. The number of rotatable bonds is 6. The van der Waals surface area contributed by atoms with E-state index in [2.05, 4.69) is 26.3 Å². The van der Waals surface area contributed by atoms with Crippen molar-refractivity contribution in [1.82, 2.24) is 9.78 Å². The molecule has 0 aliphatic rings. The van der Waals surface area contributed by atoms with E-state index >= 15 is 0 Å². The van der Waals surface area contributed by atoms with Crippen LogP contribution in [0.15, 0.2) is 15.5 Å². The first-order chi connectivity index (χ1) is 9.62. The average molecular weight is 372 g/mol. The van der Waals surface area contributed by atoms with Gasteiger partial charge in [-0.1, -0.05) is 13.8 Å². The Bertz CT molecular complexity index is 542. The molecule has 1 aromatic rings. The van der Waals surface area contributed by atoms with Gasteiger partial charge in [-0.15, -0.1) is 0 Å². The van der Waals surface area contributed by atoms with Crippen LogP contribution in [0.5, 0.6) is 0 Å². The molecular weight excluding hydrogens is 355 g/mol. The van der Waals surface area contributed by atoms with Crippen LogP contribution in [0.3, 0.4) is 0 Å². The predicted octanol–water partition coefficient (Wildman–Crippen LogP) is 2.53. The fourth-order valence-corrected chi connectivity index (χ4v) is 2.08. The number of halogens is 4. The highest BCUT2D eigenvalue weighted by Gasteiger charge is 2.30. The molecule has 1 heterocycles. The zero-order valence-corrected chi connectivity index (χ0v) is 13.3. The topological polar surface area (TPSA) is 67.2 Å². The second-order valence-corrected chi connectivity index (χ2v) is 5.53. The first-order valence-corrected chi connectivity index (χ1v) is 7.20. The molecule has 2 N–H and O–H groups in total. The fraction of sp³-hybridized carbons (Fsp3) is 0.667. The summed E-state index contributed by atoms with van der Waals surface area (Å²) in [6, 6.07) is 0. The summed E-state index contributed by atoms with van der Waals surface area (Å²) in [6.07, 6.45) is -2.38. The normalized spacial score (nSPS) is 12.5. The highest BCUT2D eigenvalue weighted by atomic mass is 79.9. The lowest BCUT2D eigenvalue weighted by atomic mass is 9.97. The van der Waals surface area contributed by atoms with E-state index < -0.39 is 23.9 Å². The number of hydrogen-bond acceptors (Lipinski definition) is 4. The zero-order valence-electron chi connectivity index (χ0n) is 11.7. The van der Waals surface area contributed by atoms with Crippen LogP contribution < -0.4 is 10.9 Å². The van der Waals surface area contributed by atoms with Crippen molar-refractivity contribution in [1.29, 1.82) is 0 Å². The first-order valence-electron chi connectivity index (χ1n) is 6.40. The first kappa shape index (κ1) is 18.0. The van der Waals surface area contributed by atoms with Crippen molar-refractivity contribution in [2.24, 2.45) is 0 Å². The van der Waals surface area contributed by atoms with Gasteiger partial charge in [0, 0.05) is 6.54 Å². The van der Waals surface area contributed by atoms with Crippen LogP contribution >= 0.6 is 15.9 Å². The SMILES string of the molecule is CCC(O)(CC)CNc1cnn(CC(F)(F)F)c(=O)c1Br. The molecule has 0 saturated carbocycles. The van der Waals surface area contributed by atoms with Gasteiger partial charge in [0.15, 0.2) is 0 Å². The second kappa shape index (κ2) is 6.78. The minimum Gasteiger partial charge on any atom is -0.388 e. The molecule has 0 amide bonds. The van der Waals surface area contributed by atoms with Gasteiger partial charge in [-0.3, -0.25) is 4.79 Å². The number of aromatic nitrogens is 2. The van der Waals surface area contributed by atoms with Gasteiger partial charge in [0.2, 0.25) is 0 Å². The zero-order chi connectivity index (χ0) is 16.3. The maximum atomic E-state index is 12.3. The highest BCUT2D eigenvalue weighted by molar-refractivity contribution is 9.10.